The number of benzene rings is 1. The lowest BCUT2D eigenvalue weighted by atomic mass is 9.99. The Hall–Kier alpha value is -0.980. The summed E-state index contributed by atoms with van der Waals surface area (Å²) in [7, 11) is 0. The van der Waals surface area contributed by atoms with Crippen LogP contribution in [0.4, 0.5) is 5.69 Å². The van der Waals surface area contributed by atoms with Crippen LogP contribution in [-0.2, 0) is 0 Å². The van der Waals surface area contributed by atoms with Gasteiger partial charge in [-0.25, -0.2) is 0 Å². The SMILES string of the molecule is Cc1cccc(C(C)C)c1N. The lowest BCUT2D eigenvalue weighted by Crippen LogP contribution is -1.98. The van der Waals surface area contributed by atoms with Gasteiger partial charge in [-0.05, 0) is 24.0 Å². The van der Waals surface area contributed by atoms with E-state index in [2.05, 4.69) is 26.0 Å². The van der Waals surface area contributed by atoms with E-state index in [1.165, 1.54) is 11.1 Å². The van der Waals surface area contributed by atoms with Crippen LogP contribution in [0.25, 0.3) is 0 Å². The summed E-state index contributed by atoms with van der Waals surface area (Å²) in [5.41, 5.74) is 9.26. The summed E-state index contributed by atoms with van der Waals surface area (Å²) in [5.74, 6) is 0.523. The van der Waals surface area contributed by atoms with Gasteiger partial charge < -0.3 is 5.73 Å². The first-order chi connectivity index (χ1) is 5.13. The molecule has 1 rings (SSSR count). The van der Waals surface area contributed by atoms with Gasteiger partial charge in [-0.1, -0.05) is 32.0 Å². The highest BCUT2D eigenvalue weighted by Gasteiger charge is 2.03. The third-order valence-electron chi connectivity index (χ3n) is 1.98. The van der Waals surface area contributed by atoms with Crippen LogP contribution in [0.3, 0.4) is 0 Å². The van der Waals surface area contributed by atoms with Gasteiger partial charge in [-0.15, -0.1) is 0 Å². The monoisotopic (exact) mass is 149 g/mol. The van der Waals surface area contributed by atoms with Gasteiger partial charge in [0.15, 0.2) is 0 Å². The van der Waals surface area contributed by atoms with E-state index in [-0.39, 0.29) is 0 Å². The lowest BCUT2D eigenvalue weighted by molar-refractivity contribution is 0.868. The number of para-hydroxylation sites is 1. The Morgan fingerprint density at radius 3 is 2.36 bits per heavy atom. The second-order valence-electron chi connectivity index (χ2n) is 3.23. The van der Waals surface area contributed by atoms with E-state index < -0.39 is 0 Å². The highest BCUT2D eigenvalue weighted by molar-refractivity contribution is 5.54. The van der Waals surface area contributed by atoms with E-state index in [0.29, 0.717) is 5.92 Å². The van der Waals surface area contributed by atoms with Crippen molar-refractivity contribution in [3.63, 3.8) is 0 Å². The predicted octanol–water partition coefficient (Wildman–Crippen LogP) is 2.70. The molecule has 0 aliphatic heterocycles. The number of nitrogen functional groups attached to an aromatic ring is 1. The maximum absolute atomic E-state index is 5.88. The smallest absolute Gasteiger partial charge is 0.0378 e. The highest BCUT2D eigenvalue weighted by atomic mass is 14.6. The molecule has 0 aliphatic carbocycles. The summed E-state index contributed by atoms with van der Waals surface area (Å²) >= 11 is 0. The van der Waals surface area contributed by atoms with Crippen molar-refractivity contribution in [3.05, 3.63) is 29.3 Å². The summed E-state index contributed by atoms with van der Waals surface area (Å²) in [5, 5.41) is 0. The zero-order valence-electron chi connectivity index (χ0n) is 7.39. The number of rotatable bonds is 1. The van der Waals surface area contributed by atoms with Gasteiger partial charge >= 0.3 is 0 Å². The van der Waals surface area contributed by atoms with Crippen LogP contribution in [0.1, 0.15) is 30.9 Å². The van der Waals surface area contributed by atoms with E-state index in [9.17, 15) is 0 Å². The Morgan fingerprint density at radius 1 is 1.27 bits per heavy atom. The summed E-state index contributed by atoms with van der Waals surface area (Å²) in [6.45, 7) is 6.36. The molecule has 0 atom stereocenters. The summed E-state index contributed by atoms with van der Waals surface area (Å²) in [6, 6.07) is 6.19. The molecule has 0 amide bonds. The van der Waals surface area contributed by atoms with Crippen molar-refractivity contribution in [2.75, 3.05) is 5.73 Å². The predicted molar refractivity (Wildman–Crippen MR) is 49.7 cm³/mol. The first-order valence-corrected chi connectivity index (χ1v) is 3.98. The van der Waals surface area contributed by atoms with Gasteiger partial charge in [0.25, 0.3) is 0 Å². The minimum Gasteiger partial charge on any atom is -0.398 e. The van der Waals surface area contributed by atoms with E-state index in [1.807, 2.05) is 13.0 Å². The van der Waals surface area contributed by atoms with Crippen molar-refractivity contribution in [2.24, 2.45) is 0 Å². The zero-order chi connectivity index (χ0) is 8.43. The van der Waals surface area contributed by atoms with E-state index >= 15 is 0 Å². The van der Waals surface area contributed by atoms with Crippen LogP contribution in [0.2, 0.25) is 0 Å². The van der Waals surface area contributed by atoms with Crippen LogP contribution < -0.4 is 5.73 Å². The minimum absolute atomic E-state index is 0.523. The fraction of sp³-hybridized carbons (Fsp3) is 0.400. The molecule has 0 saturated carbocycles. The second kappa shape index (κ2) is 2.95. The molecule has 1 aromatic rings. The summed E-state index contributed by atoms with van der Waals surface area (Å²) in [6.07, 6.45) is 0. The molecule has 0 heterocycles. The topological polar surface area (TPSA) is 26.0 Å². The molecular weight excluding hydrogens is 134 g/mol. The molecule has 0 aromatic heterocycles. The third-order valence-corrected chi connectivity index (χ3v) is 1.98. The number of anilines is 1. The quantitative estimate of drug-likeness (QED) is 0.610. The number of hydrogen-bond acceptors (Lipinski definition) is 1. The van der Waals surface area contributed by atoms with Crippen molar-refractivity contribution >= 4 is 5.69 Å². The molecule has 2 N–H and O–H groups in total. The molecule has 1 nitrogen and oxygen atoms in total. The van der Waals surface area contributed by atoms with Gasteiger partial charge in [0.05, 0.1) is 0 Å². The second-order valence-corrected chi connectivity index (χ2v) is 3.23. The van der Waals surface area contributed by atoms with Crippen molar-refractivity contribution in [1.82, 2.24) is 0 Å². The molecule has 1 aromatic carbocycles. The molecule has 0 aliphatic rings. The molecule has 0 bridgehead atoms. The van der Waals surface area contributed by atoms with Crippen LogP contribution in [0, 0.1) is 6.92 Å². The fourth-order valence-corrected chi connectivity index (χ4v) is 1.21. The summed E-state index contributed by atoms with van der Waals surface area (Å²) in [4.78, 5) is 0. The first kappa shape index (κ1) is 8.12. The maximum Gasteiger partial charge on any atom is 0.0378 e. The molecule has 0 saturated heterocycles. The number of hydrogen-bond donors (Lipinski definition) is 1. The molecule has 0 fully saturated rings. The minimum atomic E-state index is 0.523. The maximum atomic E-state index is 5.88. The van der Waals surface area contributed by atoms with Gasteiger partial charge in [0.2, 0.25) is 0 Å². The Bertz CT molecular complexity index is 251. The average Bonchev–Trinajstić information content (AvgIpc) is 1.94. The van der Waals surface area contributed by atoms with Crippen LogP contribution in [0.5, 0.6) is 0 Å². The van der Waals surface area contributed by atoms with Crippen LogP contribution in [-0.4, -0.2) is 0 Å². The Labute approximate surface area is 68.2 Å². The van der Waals surface area contributed by atoms with Crippen molar-refractivity contribution in [3.8, 4) is 0 Å². The van der Waals surface area contributed by atoms with Gasteiger partial charge in [0.1, 0.15) is 0 Å². The van der Waals surface area contributed by atoms with Crippen molar-refractivity contribution in [2.45, 2.75) is 26.7 Å². The van der Waals surface area contributed by atoms with Crippen LogP contribution in [0.15, 0.2) is 18.2 Å². The number of aryl methyl sites for hydroxylation is 1. The Kier molecular flexibility index (Phi) is 2.18. The van der Waals surface area contributed by atoms with E-state index in [1.54, 1.807) is 0 Å². The Morgan fingerprint density at radius 2 is 1.91 bits per heavy atom. The molecule has 11 heavy (non-hydrogen) atoms. The van der Waals surface area contributed by atoms with Crippen LogP contribution >= 0.6 is 0 Å². The number of nitrogens with two attached hydrogens (primary N) is 1. The summed E-state index contributed by atoms with van der Waals surface area (Å²) < 4.78 is 0. The molecule has 0 spiro atoms. The molecule has 0 unspecified atom stereocenters. The third kappa shape index (κ3) is 1.53. The molecule has 1 heteroatoms. The molecule has 0 radical (unpaired) electrons. The highest BCUT2D eigenvalue weighted by Crippen LogP contribution is 2.23. The van der Waals surface area contributed by atoms with E-state index in [4.69, 9.17) is 5.73 Å². The normalized spacial score (nSPS) is 10.5. The fourth-order valence-electron chi connectivity index (χ4n) is 1.21. The van der Waals surface area contributed by atoms with E-state index in [0.717, 1.165) is 5.69 Å². The zero-order valence-corrected chi connectivity index (χ0v) is 7.39. The lowest BCUT2D eigenvalue weighted by Gasteiger charge is -2.10. The first-order valence-electron chi connectivity index (χ1n) is 3.98. The average molecular weight is 149 g/mol. The van der Waals surface area contributed by atoms with Gasteiger partial charge in [0, 0.05) is 5.69 Å². The Balaban J connectivity index is 3.17. The molecule has 60 valence electrons. The standard InChI is InChI=1S/C10H15N/c1-7(2)9-6-4-5-8(3)10(9)11/h4-7H,11H2,1-3H3. The van der Waals surface area contributed by atoms with Gasteiger partial charge in [-0.2, -0.15) is 0 Å². The molecular formula is C10H15N. The van der Waals surface area contributed by atoms with Gasteiger partial charge in [-0.3, -0.25) is 0 Å². The van der Waals surface area contributed by atoms with Crippen molar-refractivity contribution < 1.29 is 0 Å². The largest absolute Gasteiger partial charge is 0.398 e. The van der Waals surface area contributed by atoms with Crippen molar-refractivity contribution in [1.29, 1.82) is 0 Å².